The van der Waals surface area contributed by atoms with E-state index in [0.29, 0.717) is 0 Å². The zero-order valence-electron chi connectivity index (χ0n) is 8.49. The molecule has 1 aromatic heterocycles. The molecule has 0 unspecified atom stereocenters. The molecular formula is C11H15BrN2O. The molecule has 1 aromatic rings. The van der Waals surface area contributed by atoms with Gasteiger partial charge >= 0.3 is 0 Å². The zero-order valence-corrected chi connectivity index (χ0v) is 10.1. The molecule has 0 aromatic carbocycles. The van der Waals surface area contributed by atoms with Crippen molar-refractivity contribution in [3.8, 4) is 0 Å². The third-order valence-electron chi connectivity index (χ3n) is 3.16. The second-order valence-electron chi connectivity index (χ2n) is 4.24. The first-order valence-electron chi connectivity index (χ1n) is 5.19. The predicted octanol–water partition coefficient (Wildman–Crippen LogP) is 1.93. The second-order valence-corrected chi connectivity index (χ2v) is 5.10. The first-order valence-corrected chi connectivity index (χ1v) is 5.98. The Bertz CT molecular complexity index is 348. The Balaban J connectivity index is 2.26. The van der Waals surface area contributed by atoms with E-state index in [4.69, 9.17) is 5.73 Å². The quantitative estimate of drug-likeness (QED) is 0.820. The Kier molecular flexibility index (Phi) is 3.09. The Hall–Kier alpha value is -0.450. The number of aliphatic hydroxyl groups excluding tert-OH is 1. The van der Waals surface area contributed by atoms with Gasteiger partial charge in [0.1, 0.15) is 0 Å². The normalized spacial score (nSPS) is 31.5. The van der Waals surface area contributed by atoms with Crippen molar-refractivity contribution in [3.05, 3.63) is 28.5 Å². The van der Waals surface area contributed by atoms with Gasteiger partial charge in [-0.25, -0.2) is 0 Å². The van der Waals surface area contributed by atoms with Crippen molar-refractivity contribution in [1.29, 1.82) is 0 Å². The molecule has 1 fully saturated rings. The fourth-order valence-corrected chi connectivity index (χ4v) is 2.81. The van der Waals surface area contributed by atoms with Crippen LogP contribution in [0.1, 0.15) is 31.2 Å². The first-order chi connectivity index (χ1) is 7.12. The molecule has 1 aliphatic carbocycles. The summed E-state index contributed by atoms with van der Waals surface area (Å²) in [5.74, 6) is 0. The summed E-state index contributed by atoms with van der Waals surface area (Å²) < 4.78 is 0.962. The summed E-state index contributed by atoms with van der Waals surface area (Å²) in [5.41, 5.74) is 7.17. The van der Waals surface area contributed by atoms with Gasteiger partial charge in [0.2, 0.25) is 0 Å². The lowest BCUT2D eigenvalue weighted by Gasteiger charge is -2.36. The molecule has 0 bridgehead atoms. The van der Waals surface area contributed by atoms with Crippen molar-refractivity contribution >= 4 is 15.9 Å². The number of pyridine rings is 1. The van der Waals surface area contributed by atoms with E-state index in [0.717, 1.165) is 35.7 Å². The Morgan fingerprint density at radius 3 is 2.73 bits per heavy atom. The van der Waals surface area contributed by atoms with Crippen molar-refractivity contribution in [3.63, 3.8) is 0 Å². The van der Waals surface area contributed by atoms with Crippen LogP contribution in [-0.4, -0.2) is 16.2 Å². The molecule has 1 saturated carbocycles. The number of aromatic nitrogens is 1. The zero-order chi connectivity index (χ0) is 10.9. The summed E-state index contributed by atoms with van der Waals surface area (Å²) in [5, 5.41) is 9.48. The minimum absolute atomic E-state index is 0.178. The van der Waals surface area contributed by atoms with Crippen molar-refractivity contribution < 1.29 is 5.11 Å². The van der Waals surface area contributed by atoms with Gasteiger partial charge in [-0.3, -0.25) is 4.98 Å². The van der Waals surface area contributed by atoms with E-state index in [1.165, 1.54) is 0 Å². The molecule has 0 atom stereocenters. The van der Waals surface area contributed by atoms with Crippen molar-refractivity contribution in [2.75, 3.05) is 0 Å². The van der Waals surface area contributed by atoms with E-state index < -0.39 is 0 Å². The van der Waals surface area contributed by atoms with Gasteiger partial charge in [0.25, 0.3) is 0 Å². The molecule has 1 aliphatic rings. The molecule has 3 N–H and O–H groups in total. The highest BCUT2D eigenvalue weighted by molar-refractivity contribution is 9.10. The van der Waals surface area contributed by atoms with Crippen LogP contribution in [0.3, 0.4) is 0 Å². The summed E-state index contributed by atoms with van der Waals surface area (Å²) in [4.78, 5) is 4.03. The third kappa shape index (κ3) is 2.22. The molecule has 2 rings (SSSR count). The maximum atomic E-state index is 9.48. The van der Waals surface area contributed by atoms with E-state index >= 15 is 0 Å². The minimum Gasteiger partial charge on any atom is -0.393 e. The van der Waals surface area contributed by atoms with Crippen LogP contribution >= 0.6 is 15.9 Å². The molecule has 1 heterocycles. The van der Waals surface area contributed by atoms with Crippen molar-refractivity contribution in [1.82, 2.24) is 4.98 Å². The minimum atomic E-state index is -0.305. The Morgan fingerprint density at radius 1 is 1.47 bits per heavy atom. The summed E-state index contributed by atoms with van der Waals surface area (Å²) >= 11 is 3.48. The van der Waals surface area contributed by atoms with Crippen LogP contribution in [0.25, 0.3) is 0 Å². The number of halogens is 1. The van der Waals surface area contributed by atoms with Crippen molar-refractivity contribution in [2.45, 2.75) is 37.3 Å². The lowest BCUT2D eigenvalue weighted by molar-refractivity contribution is 0.0967. The van der Waals surface area contributed by atoms with Gasteiger partial charge in [-0.1, -0.05) is 0 Å². The first kappa shape index (κ1) is 11.0. The lowest BCUT2D eigenvalue weighted by Crippen LogP contribution is -2.41. The van der Waals surface area contributed by atoms with Gasteiger partial charge < -0.3 is 10.8 Å². The van der Waals surface area contributed by atoms with Crippen molar-refractivity contribution in [2.24, 2.45) is 5.73 Å². The van der Waals surface area contributed by atoms with Crippen LogP contribution in [0.4, 0.5) is 0 Å². The maximum Gasteiger partial charge on any atom is 0.0541 e. The summed E-state index contributed by atoms with van der Waals surface area (Å²) in [6, 6.07) is 1.96. The van der Waals surface area contributed by atoms with Crippen LogP contribution in [0.2, 0.25) is 0 Å². The average molecular weight is 271 g/mol. The third-order valence-corrected chi connectivity index (χ3v) is 3.79. The Labute approximate surface area is 97.8 Å². The van der Waals surface area contributed by atoms with E-state index in [2.05, 4.69) is 20.9 Å². The Morgan fingerprint density at radius 2 is 2.13 bits per heavy atom. The summed E-state index contributed by atoms with van der Waals surface area (Å²) in [7, 11) is 0. The highest BCUT2D eigenvalue weighted by Gasteiger charge is 2.33. The molecule has 0 amide bonds. The SMILES string of the molecule is NC1(c2ccncc2Br)CCC(O)CC1. The fraction of sp³-hybridized carbons (Fsp3) is 0.545. The fourth-order valence-electron chi connectivity index (χ4n) is 2.17. The van der Waals surface area contributed by atoms with Crippen LogP contribution in [0, 0.1) is 0 Å². The van der Waals surface area contributed by atoms with Gasteiger partial charge in [-0.05, 0) is 53.2 Å². The smallest absolute Gasteiger partial charge is 0.0541 e. The largest absolute Gasteiger partial charge is 0.393 e. The maximum absolute atomic E-state index is 9.48. The van der Waals surface area contributed by atoms with E-state index in [1.807, 2.05) is 6.07 Å². The predicted molar refractivity (Wildman–Crippen MR) is 62.3 cm³/mol. The highest BCUT2D eigenvalue weighted by atomic mass is 79.9. The summed E-state index contributed by atoms with van der Waals surface area (Å²) in [6.07, 6.45) is 6.58. The molecule has 0 saturated heterocycles. The average Bonchev–Trinajstić information content (AvgIpc) is 2.23. The molecule has 3 nitrogen and oxygen atoms in total. The second kappa shape index (κ2) is 4.20. The van der Waals surface area contributed by atoms with E-state index in [-0.39, 0.29) is 11.6 Å². The number of hydrogen-bond acceptors (Lipinski definition) is 3. The molecule has 4 heteroatoms. The van der Waals surface area contributed by atoms with Crippen LogP contribution in [0.15, 0.2) is 22.9 Å². The van der Waals surface area contributed by atoms with Crippen LogP contribution in [0.5, 0.6) is 0 Å². The summed E-state index contributed by atoms with van der Waals surface area (Å²) in [6.45, 7) is 0. The van der Waals surface area contributed by atoms with Gasteiger partial charge in [-0.15, -0.1) is 0 Å². The number of rotatable bonds is 1. The molecule has 0 aliphatic heterocycles. The number of nitrogens with two attached hydrogens (primary N) is 1. The number of hydrogen-bond donors (Lipinski definition) is 2. The molecule has 0 radical (unpaired) electrons. The highest BCUT2D eigenvalue weighted by Crippen LogP contribution is 2.37. The van der Waals surface area contributed by atoms with Gasteiger partial charge in [-0.2, -0.15) is 0 Å². The lowest BCUT2D eigenvalue weighted by atomic mass is 9.77. The standard InChI is InChI=1S/C11H15BrN2O/c12-10-7-14-6-3-9(10)11(13)4-1-8(15)2-5-11/h3,6-8,15H,1-2,4-5,13H2. The topological polar surface area (TPSA) is 59.1 Å². The monoisotopic (exact) mass is 270 g/mol. The van der Waals surface area contributed by atoms with E-state index in [9.17, 15) is 5.11 Å². The van der Waals surface area contributed by atoms with E-state index in [1.54, 1.807) is 12.4 Å². The number of aliphatic hydroxyl groups is 1. The van der Waals surface area contributed by atoms with Crippen LogP contribution < -0.4 is 5.73 Å². The molecular weight excluding hydrogens is 256 g/mol. The van der Waals surface area contributed by atoms with Gasteiger partial charge in [0.05, 0.1) is 6.10 Å². The van der Waals surface area contributed by atoms with Gasteiger partial charge in [0, 0.05) is 22.4 Å². The molecule has 0 spiro atoms. The molecule has 15 heavy (non-hydrogen) atoms. The van der Waals surface area contributed by atoms with Gasteiger partial charge in [0.15, 0.2) is 0 Å². The molecule has 82 valence electrons. The number of nitrogens with zero attached hydrogens (tertiary/aromatic N) is 1. The van der Waals surface area contributed by atoms with Crippen LogP contribution in [-0.2, 0) is 5.54 Å².